The zero-order valence-corrected chi connectivity index (χ0v) is 15.8. The normalized spacial score (nSPS) is 11.0. The number of rotatable bonds is 12. The molecule has 0 fully saturated rings. The van der Waals surface area contributed by atoms with Gasteiger partial charge in [0.25, 0.3) is 0 Å². The summed E-state index contributed by atoms with van der Waals surface area (Å²) < 4.78 is 11.7. The Bertz CT molecular complexity index is 444. The van der Waals surface area contributed by atoms with E-state index in [1.165, 1.54) is 43.2 Å². The SMILES string of the molecule is CCCCCCCCOc1c(CN(C)C)cc(CC)cc1OC. The highest BCUT2D eigenvalue weighted by Gasteiger charge is 2.13. The third kappa shape index (κ3) is 7.26. The van der Waals surface area contributed by atoms with Crippen molar-refractivity contribution >= 4 is 0 Å². The van der Waals surface area contributed by atoms with E-state index >= 15 is 0 Å². The van der Waals surface area contributed by atoms with E-state index in [-0.39, 0.29) is 0 Å². The number of benzene rings is 1. The van der Waals surface area contributed by atoms with Gasteiger partial charge in [-0.3, -0.25) is 0 Å². The van der Waals surface area contributed by atoms with Crippen molar-refractivity contribution in [2.45, 2.75) is 65.3 Å². The fourth-order valence-corrected chi connectivity index (χ4v) is 2.76. The molecule has 0 spiro atoms. The molecule has 0 unspecified atom stereocenters. The molecule has 0 aliphatic heterocycles. The Balaban J connectivity index is 2.66. The predicted molar refractivity (Wildman–Crippen MR) is 98.6 cm³/mol. The molecule has 0 bridgehead atoms. The van der Waals surface area contributed by atoms with Crippen molar-refractivity contribution in [2.24, 2.45) is 0 Å². The molecule has 0 N–H and O–H groups in total. The van der Waals surface area contributed by atoms with Gasteiger partial charge in [-0.25, -0.2) is 0 Å². The van der Waals surface area contributed by atoms with E-state index in [2.05, 4.69) is 45.0 Å². The van der Waals surface area contributed by atoms with Crippen molar-refractivity contribution in [1.29, 1.82) is 0 Å². The summed E-state index contributed by atoms with van der Waals surface area (Å²) in [6.07, 6.45) is 8.67. The molecule has 3 nitrogen and oxygen atoms in total. The number of hydrogen-bond donors (Lipinski definition) is 0. The van der Waals surface area contributed by atoms with Gasteiger partial charge in [-0.2, -0.15) is 0 Å². The Labute approximate surface area is 143 Å². The highest BCUT2D eigenvalue weighted by atomic mass is 16.5. The molecule has 1 rings (SSSR count). The van der Waals surface area contributed by atoms with E-state index in [1.54, 1.807) is 7.11 Å². The Morgan fingerprint density at radius 2 is 1.65 bits per heavy atom. The van der Waals surface area contributed by atoms with E-state index in [0.29, 0.717) is 0 Å². The second-order valence-corrected chi connectivity index (χ2v) is 6.49. The third-order valence-corrected chi connectivity index (χ3v) is 4.05. The lowest BCUT2D eigenvalue weighted by molar-refractivity contribution is 0.276. The molecule has 0 aromatic heterocycles. The van der Waals surface area contributed by atoms with Crippen LogP contribution in [-0.4, -0.2) is 32.7 Å². The maximum atomic E-state index is 6.11. The molecule has 0 saturated carbocycles. The van der Waals surface area contributed by atoms with Gasteiger partial charge in [0.2, 0.25) is 0 Å². The fraction of sp³-hybridized carbons (Fsp3) is 0.700. The topological polar surface area (TPSA) is 21.7 Å². The number of nitrogens with zero attached hydrogens (tertiary/aromatic N) is 1. The van der Waals surface area contributed by atoms with Gasteiger partial charge in [0.1, 0.15) is 0 Å². The van der Waals surface area contributed by atoms with Crippen LogP contribution in [0.5, 0.6) is 11.5 Å². The van der Waals surface area contributed by atoms with Crippen LogP contribution in [0.3, 0.4) is 0 Å². The average molecular weight is 322 g/mol. The molecule has 0 radical (unpaired) electrons. The summed E-state index contributed by atoms with van der Waals surface area (Å²) in [5, 5.41) is 0. The van der Waals surface area contributed by atoms with Crippen LogP contribution in [0, 0.1) is 0 Å². The van der Waals surface area contributed by atoms with Crippen LogP contribution >= 0.6 is 0 Å². The van der Waals surface area contributed by atoms with Gasteiger partial charge in [-0.05, 0) is 38.6 Å². The molecule has 0 atom stereocenters. The molecule has 1 aromatic rings. The molecule has 0 aliphatic rings. The highest BCUT2D eigenvalue weighted by Crippen LogP contribution is 2.34. The van der Waals surface area contributed by atoms with Crippen molar-refractivity contribution in [3.63, 3.8) is 0 Å². The zero-order valence-electron chi connectivity index (χ0n) is 15.8. The van der Waals surface area contributed by atoms with Gasteiger partial charge >= 0.3 is 0 Å². The van der Waals surface area contributed by atoms with Gasteiger partial charge in [0.05, 0.1) is 13.7 Å². The number of unbranched alkanes of at least 4 members (excludes halogenated alkanes) is 5. The fourth-order valence-electron chi connectivity index (χ4n) is 2.76. The van der Waals surface area contributed by atoms with Crippen molar-refractivity contribution in [1.82, 2.24) is 4.90 Å². The van der Waals surface area contributed by atoms with Crippen LogP contribution in [0.2, 0.25) is 0 Å². The molecule has 3 heteroatoms. The minimum absolute atomic E-state index is 0.772. The van der Waals surface area contributed by atoms with Gasteiger partial charge in [-0.15, -0.1) is 0 Å². The Morgan fingerprint density at radius 3 is 2.26 bits per heavy atom. The Hall–Kier alpha value is -1.22. The molecule has 1 aromatic carbocycles. The number of ether oxygens (including phenoxy) is 2. The quantitative estimate of drug-likeness (QED) is 0.502. The summed E-state index contributed by atoms with van der Waals surface area (Å²) in [6, 6.07) is 4.36. The summed E-state index contributed by atoms with van der Waals surface area (Å²) in [7, 11) is 5.90. The van der Waals surface area contributed by atoms with E-state index < -0.39 is 0 Å². The first kappa shape index (κ1) is 19.8. The average Bonchev–Trinajstić information content (AvgIpc) is 2.54. The predicted octanol–water partition coefficient (Wildman–Crippen LogP) is 5.06. The molecular formula is C20H35NO2. The highest BCUT2D eigenvalue weighted by molar-refractivity contribution is 5.49. The molecule has 132 valence electrons. The summed E-state index contributed by atoms with van der Waals surface area (Å²) >= 11 is 0. The molecule has 23 heavy (non-hydrogen) atoms. The lowest BCUT2D eigenvalue weighted by Gasteiger charge is -2.19. The van der Waals surface area contributed by atoms with Crippen LogP contribution in [0.4, 0.5) is 0 Å². The van der Waals surface area contributed by atoms with Crippen LogP contribution in [-0.2, 0) is 13.0 Å². The summed E-state index contributed by atoms with van der Waals surface area (Å²) in [6.45, 7) is 6.07. The van der Waals surface area contributed by atoms with Crippen LogP contribution in [0.15, 0.2) is 12.1 Å². The molecule has 0 amide bonds. The van der Waals surface area contributed by atoms with Gasteiger partial charge < -0.3 is 14.4 Å². The Kier molecular flexibility index (Phi) is 9.77. The molecule has 0 heterocycles. The van der Waals surface area contributed by atoms with Crippen molar-refractivity contribution in [2.75, 3.05) is 27.8 Å². The van der Waals surface area contributed by atoms with E-state index in [1.807, 2.05) is 0 Å². The second kappa shape index (κ2) is 11.3. The third-order valence-electron chi connectivity index (χ3n) is 4.05. The first-order valence-corrected chi connectivity index (χ1v) is 9.09. The van der Waals surface area contributed by atoms with Gasteiger partial charge in [0, 0.05) is 12.1 Å². The largest absolute Gasteiger partial charge is 0.493 e. The smallest absolute Gasteiger partial charge is 0.165 e. The summed E-state index contributed by atoms with van der Waals surface area (Å²) in [5.41, 5.74) is 2.52. The first-order chi connectivity index (χ1) is 11.1. The van der Waals surface area contributed by atoms with E-state index in [9.17, 15) is 0 Å². The molecular weight excluding hydrogens is 286 g/mol. The maximum Gasteiger partial charge on any atom is 0.165 e. The standard InChI is InChI=1S/C20H35NO2/c1-6-8-9-10-11-12-13-23-20-18(16-21(3)4)14-17(7-2)15-19(20)22-5/h14-15H,6-13,16H2,1-5H3. The van der Waals surface area contributed by atoms with E-state index in [0.717, 1.165) is 37.5 Å². The molecule has 0 aliphatic carbocycles. The maximum absolute atomic E-state index is 6.11. The summed E-state index contributed by atoms with van der Waals surface area (Å²) in [4.78, 5) is 2.17. The van der Waals surface area contributed by atoms with Crippen molar-refractivity contribution < 1.29 is 9.47 Å². The van der Waals surface area contributed by atoms with Crippen molar-refractivity contribution in [3.8, 4) is 11.5 Å². The van der Waals surface area contributed by atoms with Gasteiger partial charge in [0.15, 0.2) is 11.5 Å². The first-order valence-electron chi connectivity index (χ1n) is 9.09. The van der Waals surface area contributed by atoms with Crippen LogP contribution in [0.1, 0.15) is 63.5 Å². The lowest BCUT2D eigenvalue weighted by atomic mass is 10.1. The van der Waals surface area contributed by atoms with Crippen LogP contribution in [0.25, 0.3) is 0 Å². The molecule has 0 saturated heterocycles. The lowest BCUT2D eigenvalue weighted by Crippen LogP contribution is -2.13. The second-order valence-electron chi connectivity index (χ2n) is 6.49. The monoisotopic (exact) mass is 321 g/mol. The minimum atomic E-state index is 0.772. The summed E-state index contributed by atoms with van der Waals surface area (Å²) in [5.74, 6) is 1.79. The van der Waals surface area contributed by atoms with Gasteiger partial charge in [-0.1, -0.05) is 52.0 Å². The van der Waals surface area contributed by atoms with Crippen molar-refractivity contribution in [3.05, 3.63) is 23.3 Å². The number of hydrogen-bond acceptors (Lipinski definition) is 3. The number of aryl methyl sites for hydroxylation is 1. The Morgan fingerprint density at radius 1 is 0.957 bits per heavy atom. The number of methoxy groups -OCH3 is 1. The zero-order chi connectivity index (χ0) is 17.1. The van der Waals surface area contributed by atoms with Crippen LogP contribution < -0.4 is 9.47 Å². The minimum Gasteiger partial charge on any atom is -0.493 e. The van der Waals surface area contributed by atoms with E-state index in [4.69, 9.17) is 9.47 Å².